The number of aryl methyl sites for hydroxylation is 1. The highest BCUT2D eigenvalue weighted by atomic mass is 35.5. The maximum atomic E-state index is 13.0. The maximum absolute atomic E-state index is 13.0. The van der Waals surface area contributed by atoms with Crippen LogP contribution in [0.3, 0.4) is 0 Å². The van der Waals surface area contributed by atoms with E-state index in [0.717, 1.165) is 6.07 Å². The zero-order valence-electron chi connectivity index (χ0n) is 13.6. The summed E-state index contributed by atoms with van der Waals surface area (Å²) in [5.41, 5.74) is 0.963. The zero-order chi connectivity index (χ0) is 16.7. The van der Waals surface area contributed by atoms with Crippen molar-refractivity contribution in [2.24, 2.45) is 0 Å². The van der Waals surface area contributed by atoms with Gasteiger partial charge in [0.2, 0.25) is 10.0 Å². The fraction of sp³-hybridized carbons (Fsp3) is 0.571. The fourth-order valence-corrected chi connectivity index (χ4v) is 4.67. The van der Waals surface area contributed by atoms with Crippen molar-refractivity contribution in [2.45, 2.75) is 44.7 Å². The first kappa shape index (κ1) is 19.8. The van der Waals surface area contributed by atoms with Crippen molar-refractivity contribution in [1.82, 2.24) is 9.62 Å². The van der Waals surface area contributed by atoms with Gasteiger partial charge in [0.05, 0.1) is 9.82 Å². The molecule has 1 heterocycles. The molecule has 2 atom stereocenters. The molecular weight excluding hydrogens is 342 g/mol. The van der Waals surface area contributed by atoms with Gasteiger partial charge in [-0.1, -0.05) is 0 Å². The number of halogens is 1. The molecule has 1 aromatic rings. The van der Waals surface area contributed by atoms with Crippen molar-refractivity contribution in [3.8, 4) is 0 Å². The van der Waals surface area contributed by atoms with Crippen LogP contribution >= 0.6 is 12.4 Å². The first-order valence-electron chi connectivity index (χ1n) is 7.15. The van der Waals surface area contributed by atoms with Crippen molar-refractivity contribution < 1.29 is 13.3 Å². The van der Waals surface area contributed by atoms with E-state index in [4.69, 9.17) is 0 Å². The summed E-state index contributed by atoms with van der Waals surface area (Å²) in [4.78, 5) is 10.5. The third-order valence-corrected chi connectivity index (χ3v) is 6.22. The number of hydrogen-bond donors (Lipinski definition) is 1. The molecule has 0 radical (unpaired) electrons. The lowest BCUT2D eigenvalue weighted by Gasteiger charge is -2.36. The molecule has 0 aliphatic carbocycles. The maximum Gasteiger partial charge on any atom is 0.271 e. The lowest BCUT2D eigenvalue weighted by molar-refractivity contribution is -0.385. The molecule has 0 bridgehead atoms. The van der Waals surface area contributed by atoms with Gasteiger partial charge in [-0.05, 0) is 38.8 Å². The van der Waals surface area contributed by atoms with Gasteiger partial charge < -0.3 is 5.32 Å². The van der Waals surface area contributed by atoms with Crippen LogP contribution in [0, 0.1) is 24.0 Å². The Hall–Kier alpha value is -1.22. The number of sulfonamides is 1. The van der Waals surface area contributed by atoms with E-state index in [1.54, 1.807) is 13.8 Å². The number of benzene rings is 1. The number of nitrogens with zero attached hydrogens (tertiary/aromatic N) is 2. The highest BCUT2D eigenvalue weighted by molar-refractivity contribution is 7.89. The molecule has 1 aliphatic rings. The van der Waals surface area contributed by atoms with Crippen LogP contribution in [0.1, 0.15) is 25.0 Å². The average molecular weight is 364 g/mol. The summed E-state index contributed by atoms with van der Waals surface area (Å²) >= 11 is 0. The molecular formula is C14H22ClN3O4S. The van der Waals surface area contributed by atoms with Crippen molar-refractivity contribution in [1.29, 1.82) is 0 Å². The highest BCUT2D eigenvalue weighted by Gasteiger charge is 2.35. The zero-order valence-corrected chi connectivity index (χ0v) is 15.2. The van der Waals surface area contributed by atoms with Gasteiger partial charge >= 0.3 is 0 Å². The molecule has 0 aromatic heterocycles. The molecule has 2 rings (SSSR count). The lowest BCUT2D eigenvalue weighted by Crippen LogP contribution is -2.56. The Balaban J connectivity index is 0.00000264. The standard InChI is InChI=1S/C14H21N3O4S.ClH/c1-9-5-13(17(18)19)6-14(12(9)4)22(20,21)16-8-10(2)15-7-11(16)3;/h5-6,10-11,15H,7-8H2,1-4H3;1H. The molecule has 1 fully saturated rings. The van der Waals surface area contributed by atoms with E-state index in [1.165, 1.54) is 10.4 Å². The van der Waals surface area contributed by atoms with Crippen LogP contribution in [0.25, 0.3) is 0 Å². The molecule has 1 N–H and O–H groups in total. The highest BCUT2D eigenvalue weighted by Crippen LogP contribution is 2.29. The van der Waals surface area contributed by atoms with Gasteiger partial charge in [0.15, 0.2) is 0 Å². The second kappa shape index (κ2) is 7.12. The normalized spacial score (nSPS) is 22.4. The summed E-state index contributed by atoms with van der Waals surface area (Å²) in [6, 6.07) is 2.42. The van der Waals surface area contributed by atoms with Crippen LogP contribution in [0.15, 0.2) is 17.0 Å². The number of non-ortho nitro benzene ring substituents is 1. The van der Waals surface area contributed by atoms with Crippen molar-refractivity contribution in [3.05, 3.63) is 33.4 Å². The van der Waals surface area contributed by atoms with Gasteiger partial charge in [-0.2, -0.15) is 4.31 Å². The fourth-order valence-electron chi connectivity index (χ4n) is 2.63. The van der Waals surface area contributed by atoms with Crippen molar-refractivity contribution in [2.75, 3.05) is 13.1 Å². The summed E-state index contributed by atoms with van der Waals surface area (Å²) in [5.74, 6) is 0. The Labute approximate surface area is 142 Å². The SMILES string of the molecule is Cc1cc([N+](=O)[O-])cc(S(=O)(=O)N2CC(C)NCC2C)c1C.Cl. The molecule has 23 heavy (non-hydrogen) atoms. The third-order valence-electron chi connectivity index (χ3n) is 4.11. The molecule has 130 valence electrons. The molecule has 2 unspecified atom stereocenters. The van der Waals surface area contributed by atoms with Crippen LogP contribution in [-0.4, -0.2) is 42.8 Å². The summed E-state index contributed by atoms with van der Waals surface area (Å²) in [6.07, 6.45) is 0. The minimum Gasteiger partial charge on any atom is -0.311 e. The number of nitrogens with one attached hydrogen (secondary N) is 1. The first-order valence-corrected chi connectivity index (χ1v) is 8.59. The Morgan fingerprint density at radius 1 is 1.30 bits per heavy atom. The van der Waals surface area contributed by atoms with Crippen molar-refractivity contribution >= 4 is 28.1 Å². The molecule has 9 heteroatoms. The van der Waals surface area contributed by atoms with E-state index in [0.29, 0.717) is 24.2 Å². The van der Waals surface area contributed by atoms with E-state index >= 15 is 0 Å². The Morgan fingerprint density at radius 3 is 2.48 bits per heavy atom. The Bertz CT molecular complexity index is 708. The van der Waals surface area contributed by atoms with Gasteiger partial charge in [-0.25, -0.2) is 8.42 Å². The van der Waals surface area contributed by atoms with Gasteiger partial charge in [0, 0.05) is 37.3 Å². The third kappa shape index (κ3) is 3.82. The van der Waals surface area contributed by atoms with Crippen LogP contribution in [-0.2, 0) is 10.0 Å². The quantitative estimate of drug-likeness (QED) is 0.655. The minimum absolute atomic E-state index is 0. The Morgan fingerprint density at radius 2 is 1.91 bits per heavy atom. The van der Waals surface area contributed by atoms with Crippen molar-refractivity contribution in [3.63, 3.8) is 0 Å². The van der Waals surface area contributed by atoms with E-state index in [-0.39, 0.29) is 35.1 Å². The molecule has 0 amide bonds. The van der Waals surface area contributed by atoms with Gasteiger partial charge in [-0.3, -0.25) is 10.1 Å². The largest absolute Gasteiger partial charge is 0.311 e. The summed E-state index contributed by atoms with van der Waals surface area (Å²) < 4.78 is 27.4. The van der Waals surface area contributed by atoms with Crippen LogP contribution in [0.5, 0.6) is 0 Å². The molecule has 7 nitrogen and oxygen atoms in total. The van der Waals surface area contributed by atoms with Gasteiger partial charge in [-0.15, -0.1) is 12.4 Å². The number of nitro benzene ring substituents is 1. The van der Waals surface area contributed by atoms with E-state index in [2.05, 4.69) is 5.32 Å². The number of rotatable bonds is 3. The lowest BCUT2D eigenvalue weighted by atomic mass is 10.1. The summed E-state index contributed by atoms with van der Waals surface area (Å²) in [5, 5.41) is 14.2. The van der Waals surface area contributed by atoms with E-state index in [9.17, 15) is 18.5 Å². The molecule has 1 aromatic carbocycles. The number of piperazine rings is 1. The molecule has 0 saturated carbocycles. The predicted molar refractivity (Wildman–Crippen MR) is 90.6 cm³/mol. The monoisotopic (exact) mass is 363 g/mol. The topological polar surface area (TPSA) is 92.5 Å². The Kier molecular flexibility index (Phi) is 6.14. The predicted octanol–water partition coefficient (Wildman–Crippen LogP) is 2.00. The first-order chi connectivity index (χ1) is 10.1. The molecule has 1 aliphatic heterocycles. The second-order valence-electron chi connectivity index (χ2n) is 5.88. The number of nitro groups is 1. The summed E-state index contributed by atoms with van der Waals surface area (Å²) in [6.45, 7) is 8.03. The van der Waals surface area contributed by atoms with Gasteiger partial charge in [0.1, 0.15) is 0 Å². The smallest absolute Gasteiger partial charge is 0.271 e. The average Bonchev–Trinajstić information content (AvgIpc) is 2.43. The van der Waals surface area contributed by atoms with Gasteiger partial charge in [0.25, 0.3) is 5.69 Å². The summed E-state index contributed by atoms with van der Waals surface area (Å²) in [7, 11) is -3.76. The van der Waals surface area contributed by atoms with E-state index in [1.807, 2.05) is 13.8 Å². The van der Waals surface area contributed by atoms with Crippen LogP contribution < -0.4 is 5.32 Å². The van der Waals surface area contributed by atoms with Crippen LogP contribution in [0.4, 0.5) is 5.69 Å². The van der Waals surface area contributed by atoms with Crippen LogP contribution in [0.2, 0.25) is 0 Å². The molecule has 1 saturated heterocycles. The second-order valence-corrected chi connectivity index (χ2v) is 7.73. The van der Waals surface area contributed by atoms with E-state index < -0.39 is 14.9 Å². The minimum atomic E-state index is -3.76. The number of hydrogen-bond acceptors (Lipinski definition) is 5. The molecule has 0 spiro atoms.